The predicted molar refractivity (Wildman–Crippen MR) is 41.8 cm³/mol. The number of hydrogen-bond acceptors (Lipinski definition) is 3. The molecule has 1 saturated carbocycles. The molecule has 4 nitrogen and oxygen atoms in total. The summed E-state index contributed by atoms with van der Waals surface area (Å²) in [5, 5.41) is 8.73. The summed E-state index contributed by atoms with van der Waals surface area (Å²) >= 11 is 0. The second-order valence-corrected chi connectivity index (χ2v) is 3.45. The smallest absolute Gasteiger partial charge is 0.237 e. The second-order valence-electron chi connectivity index (χ2n) is 3.45. The summed E-state index contributed by atoms with van der Waals surface area (Å²) in [5.74, 6) is 0.511. The standard InChI is InChI=1S/C8H11N3O/c9-3-6-1-5-2-7(5)11(6)8(12)4-10/h5-7H,1-2,4,10H2/t5-,6?,7+/m1/s1. The van der Waals surface area contributed by atoms with Gasteiger partial charge in [-0.2, -0.15) is 5.26 Å². The van der Waals surface area contributed by atoms with Crippen LogP contribution in [0.25, 0.3) is 0 Å². The number of carbonyl (C=O) groups excluding carboxylic acids is 1. The summed E-state index contributed by atoms with van der Waals surface area (Å²) in [7, 11) is 0. The molecule has 1 aliphatic heterocycles. The molecule has 0 aromatic carbocycles. The maximum absolute atomic E-state index is 11.3. The van der Waals surface area contributed by atoms with Crippen LogP contribution in [0.4, 0.5) is 0 Å². The van der Waals surface area contributed by atoms with Gasteiger partial charge >= 0.3 is 0 Å². The van der Waals surface area contributed by atoms with Crippen LogP contribution >= 0.6 is 0 Å². The number of rotatable bonds is 1. The number of carbonyl (C=O) groups is 1. The van der Waals surface area contributed by atoms with Crippen LogP contribution in [0.5, 0.6) is 0 Å². The van der Waals surface area contributed by atoms with Gasteiger partial charge in [0, 0.05) is 6.04 Å². The van der Waals surface area contributed by atoms with Crippen LogP contribution in [-0.4, -0.2) is 29.4 Å². The van der Waals surface area contributed by atoms with Gasteiger partial charge in [0.2, 0.25) is 5.91 Å². The summed E-state index contributed by atoms with van der Waals surface area (Å²) in [5.41, 5.74) is 5.25. The van der Waals surface area contributed by atoms with Crippen LogP contribution in [0, 0.1) is 17.2 Å². The van der Waals surface area contributed by atoms with Crippen molar-refractivity contribution >= 4 is 5.91 Å². The van der Waals surface area contributed by atoms with E-state index in [4.69, 9.17) is 11.0 Å². The molecule has 0 aromatic heterocycles. The fourth-order valence-corrected chi connectivity index (χ4v) is 2.04. The number of nitrogens with two attached hydrogens (primary N) is 1. The first-order valence-corrected chi connectivity index (χ1v) is 4.18. The molecule has 2 aliphatic rings. The molecule has 2 N–H and O–H groups in total. The zero-order valence-electron chi connectivity index (χ0n) is 6.73. The molecule has 1 saturated heterocycles. The van der Waals surface area contributed by atoms with E-state index in [9.17, 15) is 4.79 Å². The van der Waals surface area contributed by atoms with Crippen LogP contribution in [0.2, 0.25) is 0 Å². The molecular weight excluding hydrogens is 154 g/mol. The van der Waals surface area contributed by atoms with E-state index in [1.54, 1.807) is 4.90 Å². The maximum atomic E-state index is 11.3. The van der Waals surface area contributed by atoms with E-state index >= 15 is 0 Å². The molecule has 0 radical (unpaired) electrons. The van der Waals surface area contributed by atoms with Crippen molar-refractivity contribution in [3.63, 3.8) is 0 Å². The molecule has 4 heteroatoms. The summed E-state index contributed by atoms with van der Waals surface area (Å²) < 4.78 is 0. The van der Waals surface area contributed by atoms with Gasteiger partial charge < -0.3 is 10.6 Å². The lowest BCUT2D eigenvalue weighted by Crippen LogP contribution is -2.41. The monoisotopic (exact) mass is 165 g/mol. The fourth-order valence-electron chi connectivity index (χ4n) is 2.04. The van der Waals surface area contributed by atoms with E-state index in [1.807, 2.05) is 0 Å². The minimum absolute atomic E-state index is 0.0292. The van der Waals surface area contributed by atoms with E-state index in [0.717, 1.165) is 12.8 Å². The van der Waals surface area contributed by atoms with Gasteiger partial charge in [-0.3, -0.25) is 4.79 Å². The topological polar surface area (TPSA) is 70.1 Å². The summed E-state index contributed by atoms with van der Waals surface area (Å²) in [4.78, 5) is 12.9. The zero-order chi connectivity index (χ0) is 8.72. The molecule has 0 spiro atoms. The maximum Gasteiger partial charge on any atom is 0.237 e. The Morgan fingerprint density at radius 3 is 3.00 bits per heavy atom. The third kappa shape index (κ3) is 0.901. The molecule has 2 fully saturated rings. The Bertz CT molecular complexity index is 258. The van der Waals surface area contributed by atoms with Crippen molar-refractivity contribution in [2.45, 2.75) is 24.9 Å². The molecule has 64 valence electrons. The fraction of sp³-hybridized carbons (Fsp3) is 0.750. The highest BCUT2D eigenvalue weighted by atomic mass is 16.2. The summed E-state index contributed by atoms with van der Waals surface area (Å²) in [6, 6.07) is 2.27. The van der Waals surface area contributed by atoms with Crippen molar-refractivity contribution in [2.75, 3.05) is 6.54 Å². The Balaban J connectivity index is 2.12. The molecule has 0 bridgehead atoms. The molecule has 2 rings (SSSR count). The minimum Gasteiger partial charge on any atom is -0.322 e. The van der Waals surface area contributed by atoms with Gasteiger partial charge in [-0.15, -0.1) is 0 Å². The van der Waals surface area contributed by atoms with Crippen molar-refractivity contribution in [3.8, 4) is 6.07 Å². The molecule has 12 heavy (non-hydrogen) atoms. The Kier molecular flexibility index (Phi) is 1.55. The van der Waals surface area contributed by atoms with Crippen LogP contribution in [0.15, 0.2) is 0 Å². The van der Waals surface area contributed by atoms with Gasteiger partial charge in [-0.25, -0.2) is 0 Å². The molecular formula is C8H11N3O. The highest BCUT2D eigenvalue weighted by molar-refractivity contribution is 5.80. The largest absolute Gasteiger partial charge is 0.322 e. The van der Waals surface area contributed by atoms with E-state index in [2.05, 4.69) is 6.07 Å². The number of likely N-dealkylation sites (tertiary alicyclic amines) is 1. The number of nitriles is 1. The third-order valence-electron chi connectivity index (χ3n) is 2.72. The molecule has 1 aliphatic carbocycles. The first-order chi connectivity index (χ1) is 5.77. The van der Waals surface area contributed by atoms with Crippen molar-refractivity contribution in [2.24, 2.45) is 11.7 Å². The highest BCUT2D eigenvalue weighted by Crippen LogP contribution is 2.47. The number of amides is 1. The lowest BCUT2D eigenvalue weighted by molar-refractivity contribution is -0.130. The van der Waals surface area contributed by atoms with E-state index < -0.39 is 0 Å². The molecule has 1 amide bonds. The molecule has 3 atom stereocenters. The van der Waals surface area contributed by atoms with Crippen molar-refractivity contribution in [1.29, 1.82) is 5.26 Å². The van der Waals surface area contributed by atoms with Crippen LogP contribution in [-0.2, 0) is 4.79 Å². The Morgan fingerprint density at radius 2 is 2.42 bits per heavy atom. The lowest BCUT2D eigenvalue weighted by atomic mass is 10.2. The SMILES string of the molecule is N#CC1C[C@@H]2C[C@@H]2N1C(=O)CN. The lowest BCUT2D eigenvalue weighted by Gasteiger charge is -2.21. The normalized spacial score (nSPS) is 37.3. The van der Waals surface area contributed by atoms with Gasteiger partial charge in [0.25, 0.3) is 0 Å². The Morgan fingerprint density at radius 1 is 1.67 bits per heavy atom. The molecule has 0 aromatic rings. The van der Waals surface area contributed by atoms with Gasteiger partial charge in [-0.1, -0.05) is 0 Å². The van der Waals surface area contributed by atoms with E-state index in [-0.39, 0.29) is 18.5 Å². The molecule has 1 heterocycles. The third-order valence-corrected chi connectivity index (χ3v) is 2.72. The number of nitrogens with zero attached hydrogens (tertiary/aromatic N) is 2. The molecule has 1 unspecified atom stereocenters. The highest BCUT2D eigenvalue weighted by Gasteiger charge is 2.53. The van der Waals surface area contributed by atoms with Gasteiger partial charge in [0.05, 0.1) is 12.6 Å². The Labute approximate surface area is 70.9 Å². The summed E-state index contributed by atoms with van der Waals surface area (Å²) in [6.45, 7) is 0.0292. The van der Waals surface area contributed by atoms with Gasteiger partial charge in [-0.05, 0) is 18.8 Å². The van der Waals surface area contributed by atoms with Gasteiger partial charge in [0.1, 0.15) is 6.04 Å². The minimum atomic E-state index is -0.204. The van der Waals surface area contributed by atoms with Crippen molar-refractivity contribution in [1.82, 2.24) is 4.90 Å². The number of piperidine rings is 1. The average Bonchev–Trinajstić information content (AvgIpc) is 2.76. The second kappa shape index (κ2) is 2.46. The van der Waals surface area contributed by atoms with E-state index in [1.165, 1.54) is 0 Å². The average molecular weight is 165 g/mol. The number of hydrogen-bond donors (Lipinski definition) is 1. The first kappa shape index (κ1) is 7.56. The van der Waals surface area contributed by atoms with Crippen molar-refractivity contribution < 1.29 is 4.79 Å². The quantitative estimate of drug-likeness (QED) is 0.567. The predicted octanol–water partition coefficient (Wildman–Crippen LogP) is -0.542. The van der Waals surface area contributed by atoms with Crippen molar-refractivity contribution in [3.05, 3.63) is 0 Å². The van der Waals surface area contributed by atoms with E-state index in [0.29, 0.717) is 12.0 Å². The van der Waals surface area contributed by atoms with Crippen LogP contribution in [0.1, 0.15) is 12.8 Å². The van der Waals surface area contributed by atoms with Gasteiger partial charge in [0.15, 0.2) is 0 Å². The van der Waals surface area contributed by atoms with Crippen LogP contribution in [0.3, 0.4) is 0 Å². The first-order valence-electron chi connectivity index (χ1n) is 4.18. The number of fused-ring (bicyclic) bond motifs is 1. The summed E-state index contributed by atoms with van der Waals surface area (Å²) in [6.07, 6.45) is 1.93. The zero-order valence-corrected chi connectivity index (χ0v) is 6.73. The Hall–Kier alpha value is -1.08. The van der Waals surface area contributed by atoms with Crippen LogP contribution < -0.4 is 5.73 Å².